The molecule has 2 aliphatic rings. The summed E-state index contributed by atoms with van der Waals surface area (Å²) >= 11 is 0. The molecule has 0 saturated carbocycles. The van der Waals surface area contributed by atoms with E-state index in [1.54, 1.807) is 12.2 Å². The normalized spacial score (nSPS) is 29.0. The van der Waals surface area contributed by atoms with Crippen LogP contribution in [0.4, 0.5) is 4.79 Å². The second kappa shape index (κ2) is 5.85. The van der Waals surface area contributed by atoms with Crippen LogP contribution >= 0.6 is 0 Å². The number of nitrogens with one attached hydrogen (secondary N) is 1. The van der Waals surface area contributed by atoms with E-state index in [0.717, 1.165) is 32.4 Å². The minimum Gasteiger partial charge on any atom is -0.481 e. The van der Waals surface area contributed by atoms with Gasteiger partial charge in [-0.15, -0.1) is 0 Å². The maximum Gasteiger partial charge on any atom is 0.317 e. The summed E-state index contributed by atoms with van der Waals surface area (Å²) in [5.74, 6) is -1.29. The van der Waals surface area contributed by atoms with Gasteiger partial charge in [0.05, 0.1) is 12.0 Å². The van der Waals surface area contributed by atoms with Crippen LogP contribution in [0.2, 0.25) is 0 Å². The van der Waals surface area contributed by atoms with E-state index in [2.05, 4.69) is 19.2 Å². The second-order valence-electron chi connectivity index (χ2n) is 6.63. The molecule has 1 heterocycles. The van der Waals surface area contributed by atoms with Gasteiger partial charge in [-0.05, 0) is 31.1 Å². The van der Waals surface area contributed by atoms with Gasteiger partial charge in [-0.25, -0.2) is 4.79 Å². The second-order valence-corrected chi connectivity index (χ2v) is 6.63. The van der Waals surface area contributed by atoms with Gasteiger partial charge in [-0.1, -0.05) is 26.0 Å². The fourth-order valence-electron chi connectivity index (χ4n) is 2.87. The lowest BCUT2D eigenvalue weighted by atomic mass is 9.85. The Labute approximate surface area is 120 Å². The van der Waals surface area contributed by atoms with E-state index in [-0.39, 0.29) is 12.1 Å². The molecule has 0 radical (unpaired) electrons. The van der Waals surface area contributed by atoms with E-state index in [0.29, 0.717) is 11.8 Å². The van der Waals surface area contributed by atoms with Crippen molar-refractivity contribution in [2.24, 2.45) is 11.3 Å². The van der Waals surface area contributed by atoms with Crippen molar-refractivity contribution in [1.82, 2.24) is 10.2 Å². The van der Waals surface area contributed by atoms with E-state index >= 15 is 0 Å². The van der Waals surface area contributed by atoms with Crippen LogP contribution in [0.5, 0.6) is 0 Å². The Morgan fingerprint density at radius 1 is 1.25 bits per heavy atom. The van der Waals surface area contributed by atoms with Gasteiger partial charge in [0, 0.05) is 13.1 Å². The molecule has 0 bridgehead atoms. The monoisotopic (exact) mass is 280 g/mol. The van der Waals surface area contributed by atoms with Crippen molar-refractivity contribution in [2.75, 3.05) is 13.1 Å². The number of carboxylic acids is 1. The Balaban J connectivity index is 1.84. The first-order chi connectivity index (χ1) is 9.37. The van der Waals surface area contributed by atoms with Crippen molar-refractivity contribution in [3.8, 4) is 0 Å². The summed E-state index contributed by atoms with van der Waals surface area (Å²) in [6.45, 7) is 6.04. The molecule has 1 aliphatic heterocycles. The van der Waals surface area contributed by atoms with Crippen molar-refractivity contribution in [3.63, 3.8) is 0 Å². The molecule has 1 aliphatic carbocycles. The van der Waals surface area contributed by atoms with Crippen LogP contribution < -0.4 is 5.32 Å². The van der Waals surface area contributed by atoms with E-state index in [1.807, 2.05) is 4.90 Å². The van der Waals surface area contributed by atoms with E-state index in [1.165, 1.54) is 0 Å². The SMILES string of the molecule is CC1(C)CCCN(C(=O)NC2C=CC(C(=O)O)C2)CC1. The Kier molecular flexibility index (Phi) is 4.35. The summed E-state index contributed by atoms with van der Waals surface area (Å²) in [6.07, 6.45) is 7.09. The molecule has 0 aromatic heterocycles. The van der Waals surface area contributed by atoms with Crippen LogP contribution in [0.3, 0.4) is 0 Å². The van der Waals surface area contributed by atoms with Crippen LogP contribution in [0.15, 0.2) is 12.2 Å². The van der Waals surface area contributed by atoms with Gasteiger partial charge >= 0.3 is 12.0 Å². The Morgan fingerprint density at radius 3 is 2.65 bits per heavy atom. The standard InChI is InChI=1S/C15H24N2O3/c1-15(2)6-3-8-17(9-7-15)14(20)16-12-5-4-11(10-12)13(18)19/h4-5,11-12H,3,6-10H2,1-2H3,(H,16,20)(H,18,19). The van der Waals surface area contributed by atoms with Crippen LogP contribution in [0.25, 0.3) is 0 Å². The van der Waals surface area contributed by atoms with Gasteiger partial charge < -0.3 is 15.3 Å². The van der Waals surface area contributed by atoms with Gasteiger partial charge in [-0.2, -0.15) is 0 Å². The number of nitrogens with zero attached hydrogens (tertiary/aromatic N) is 1. The number of likely N-dealkylation sites (tertiary alicyclic amines) is 1. The third-order valence-electron chi connectivity index (χ3n) is 4.34. The maximum absolute atomic E-state index is 12.2. The molecule has 0 aromatic carbocycles. The Morgan fingerprint density at radius 2 is 2.00 bits per heavy atom. The first-order valence-electron chi connectivity index (χ1n) is 7.34. The Hall–Kier alpha value is -1.52. The number of aliphatic carboxylic acids is 1. The molecular weight excluding hydrogens is 256 g/mol. The highest BCUT2D eigenvalue weighted by atomic mass is 16.4. The molecule has 2 atom stereocenters. The number of hydrogen-bond donors (Lipinski definition) is 2. The van der Waals surface area contributed by atoms with Crippen LogP contribution in [0.1, 0.15) is 39.5 Å². The minimum absolute atomic E-state index is 0.0663. The van der Waals surface area contributed by atoms with E-state index in [4.69, 9.17) is 5.11 Å². The summed E-state index contributed by atoms with van der Waals surface area (Å²) in [5, 5.41) is 11.9. The third-order valence-corrected chi connectivity index (χ3v) is 4.34. The number of urea groups is 1. The average Bonchev–Trinajstić information content (AvgIpc) is 2.74. The molecule has 1 saturated heterocycles. The summed E-state index contributed by atoms with van der Waals surface area (Å²) < 4.78 is 0. The zero-order chi connectivity index (χ0) is 14.8. The predicted molar refractivity (Wildman–Crippen MR) is 76.4 cm³/mol. The molecule has 2 rings (SSSR count). The van der Waals surface area contributed by atoms with Gasteiger partial charge in [0.1, 0.15) is 0 Å². The number of rotatable bonds is 2. The van der Waals surface area contributed by atoms with Crippen molar-refractivity contribution in [1.29, 1.82) is 0 Å². The lowest BCUT2D eigenvalue weighted by Gasteiger charge is -2.25. The molecule has 2 N–H and O–H groups in total. The summed E-state index contributed by atoms with van der Waals surface area (Å²) in [6, 6.07) is -0.219. The average molecular weight is 280 g/mol. The lowest BCUT2D eigenvalue weighted by molar-refractivity contribution is -0.140. The van der Waals surface area contributed by atoms with Gasteiger partial charge in [0.25, 0.3) is 0 Å². The molecule has 20 heavy (non-hydrogen) atoms. The fourth-order valence-corrected chi connectivity index (χ4v) is 2.87. The summed E-state index contributed by atoms with van der Waals surface area (Å²) in [7, 11) is 0. The lowest BCUT2D eigenvalue weighted by Crippen LogP contribution is -2.44. The highest BCUT2D eigenvalue weighted by molar-refractivity contribution is 5.76. The smallest absolute Gasteiger partial charge is 0.317 e. The van der Waals surface area contributed by atoms with Crippen molar-refractivity contribution in [2.45, 2.75) is 45.6 Å². The summed E-state index contributed by atoms with van der Waals surface area (Å²) in [5.41, 5.74) is 0.302. The minimum atomic E-state index is -0.825. The number of carbonyl (C=O) groups excluding carboxylic acids is 1. The molecule has 1 fully saturated rings. The van der Waals surface area contributed by atoms with Crippen molar-refractivity contribution < 1.29 is 14.7 Å². The summed E-state index contributed by atoms with van der Waals surface area (Å²) in [4.78, 5) is 25.0. The number of carbonyl (C=O) groups is 2. The quantitative estimate of drug-likeness (QED) is 0.762. The number of hydrogen-bond acceptors (Lipinski definition) is 2. The van der Waals surface area contributed by atoms with Gasteiger partial charge in [0.15, 0.2) is 0 Å². The molecule has 0 spiro atoms. The molecular formula is C15H24N2O3. The number of amides is 2. The third kappa shape index (κ3) is 3.74. The first kappa shape index (κ1) is 14.9. The van der Waals surface area contributed by atoms with Crippen LogP contribution in [-0.2, 0) is 4.79 Å². The highest BCUT2D eigenvalue weighted by Crippen LogP contribution is 2.29. The molecule has 0 aromatic rings. The predicted octanol–water partition coefficient (Wildman–Crippen LogP) is 2.24. The molecule has 5 heteroatoms. The van der Waals surface area contributed by atoms with Crippen LogP contribution in [-0.4, -0.2) is 41.1 Å². The van der Waals surface area contributed by atoms with E-state index < -0.39 is 11.9 Å². The topological polar surface area (TPSA) is 69.6 Å². The van der Waals surface area contributed by atoms with E-state index in [9.17, 15) is 9.59 Å². The largest absolute Gasteiger partial charge is 0.481 e. The van der Waals surface area contributed by atoms with Gasteiger partial charge in [0.2, 0.25) is 0 Å². The molecule has 112 valence electrons. The van der Waals surface area contributed by atoms with Gasteiger partial charge in [-0.3, -0.25) is 4.79 Å². The fraction of sp³-hybridized carbons (Fsp3) is 0.733. The zero-order valence-corrected chi connectivity index (χ0v) is 12.3. The first-order valence-corrected chi connectivity index (χ1v) is 7.34. The number of carboxylic acid groups (broad SMARTS) is 1. The molecule has 2 amide bonds. The van der Waals surface area contributed by atoms with Crippen molar-refractivity contribution >= 4 is 12.0 Å². The maximum atomic E-state index is 12.2. The highest BCUT2D eigenvalue weighted by Gasteiger charge is 2.29. The van der Waals surface area contributed by atoms with Crippen LogP contribution in [0, 0.1) is 11.3 Å². The molecule has 2 unspecified atom stereocenters. The zero-order valence-electron chi connectivity index (χ0n) is 12.3. The Bertz CT molecular complexity index is 417. The molecule has 5 nitrogen and oxygen atoms in total. The van der Waals surface area contributed by atoms with Crippen molar-refractivity contribution in [3.05, 3.63) is 12.2 Å².